The van der Waals surface area contributed by atoms with Crippen molar-refractivity contribution in [3.8, 4) is 0 Å². The summed E-state index contributed by atoms with van der Waals surface area (Å²) >= 11 is 5.56. The average Bonchev–Trinajstić information content (AvgIpc) is 2.40. The van der Waals surface area contributed by atoms with Crippen molar-refractivity contribution in [1.29, 1.82) is 0 Å². The lowest BCUT2D eigenvalue weighted by Crippen LogP contribution is -2.09. The number of hydrogen-bond acceptors (Lipinski definition) is 4. The summed E-state index contributed by atoms with van der Waals surface area (Å²) < 4.78 is 1.03. The molecule has 1 rings (SSSR count). The molecule has 0 atom stereocenters. The van der Waals surface area contributed by atoms with Crippen LogP contribution in [-0.4, -0.2) is 22.3 Å². The highest BCUT2D eigenvalue weighted by atomic mass is 79.9. The lowest BCUT2D eigenvalue weighted by Gasteiger charge is -2.12. The van der Waals surface area contributed by atoms with Crippen LogP contribution in [0.3, 0.4) is 0 Å². The van der Waals surface area contributed by atoms with E-state index in [9.17, 15) is 0 Å². The van der Waals surface area contributed by atoms with Crippen LogP contribution in [0.2, 0.25) is 0 Å². The molecule has 1 aromatic rings. The summed E-state index contributed by atoms with van der Waals surface area (Å²) in [6, 6.07) is 0. The predicted octanol–water partition coefficient (Wildman–Crippen LogP) is 4.90. The highest BCUT2D eigenvalue weighted by Crippen LogP contribution is 2.26. The van der Waals surface area contributed by atoms with Crippen LogP contribution in [0.25, 0.3) is 0 Å². The summed E-state index contributed by atoms with van der Waals surface area (Å²) in [5.41, 5.74) is 1.13. The number of nitrogens with one attached hydrogen (secondary N) is 1. The second kappa shape index (κ2) is 9.61. The molecule has 0 fully saturated rings. The minimum atomic E-state index is 0.711. The van der Waals surface area contributed by atoms with E-state index in [4.69, 9.17) is 4.98 Å². The number of hydrogen-bond donors (Lipinski definition) is 1. The Morgan fingerprint density at radius 3 is 2.55 bits per heavy atom. The van der Waals surface area contributed by atoms with E-state index < -0.39 is 0 Å². The SMILES string of the molecule is CCCNc1nc(CSCC(C)C)nc(CCC)c1Br. The zero-order valence-corrected chi connectivity index (χ0v) is 15.4. The molecule has 114 valence electrons. The van der Waals surface area contributed by atoms with Crippen molar-refractivity contribution in [2.24, 2.45) is 5.92 Å². The third-order valence-corrected chi connectivity index (χ3v) is 4.88. The number of aromatic nitrogens is 2. The maximum Gasteiger partial charge on any atom is 0.144 e. The van der Waals surface area contributed by atoms with Crippen molar-refractivity contribution in [2.75, 3.05) is 17.6 Å². The van der Waals surface area contributed by atoms with Gasteiger partial charge in [-0.05, 0) is 40.4 Å². The fraction of sp³-hybridized carbons (Fsp3) is 0.733. The van der Waals surface area contributed by atoms with Gasteiger partial charge in [-0.15, -0.1) is 0 Å². The van der Waals surface area contributed by atoms with Gasteiger partial charge in [-0.2, -0.15) is 11.8 Å². The fourth-order valence-corrected chi connectivity index (χ4v) is 3.17. The summed E-state index contributed by atoms with van der Waals surface area (Å²) in [7, 11) is 0. The Labute approximate surface area is 135 Å². The molecule has 0 aliphatic heterocycles. The van der Waals surface area contributed by atoms with Crippen LogP contribution < -0.4 is 5.32 Å². The van der Waals surface area contributed by atoms with Gasteiger partial charge in [-0.1, -0.05) is 34.1 Å². The highest BCUT2D eigenvalue weighted by molar-refractivity contribution is 9.10. The van der Waals surface area contributed by atoms with Gasteiger partial charge in [0, 0.05) is 6.54 Å². The van der Waals surface area contributed by atoms with Crippen molar-refractivity contribution in [3.05, 3.63) is 16.0 Å². The first kappa shape index (κ1) is 17.8. The zero-order chi connectivity index (χ0) is 15.0. The molecule has 0 aromatic carbocycles. The largest absolute Gasteiger partial charge is 0.369 e. The Kier molecular flexibility index (Phi) is 8.53. The molecular formula is C15H26BrN3S. The normalized spacial score (nSPS) is 11.1. The summed E-state index contributed by atoms with van der Waals surface area (Å²) in [5.74, 6) is 4.65. The molecule has 0 aliphatic carbocycles. The Morgan fingerprint density at radius 1 is 1.20 bits per heavy atom. The first-order valence-corrected chi connectivity index (χ1v) is 9.40. The molecule has 0 saturated carbocycles. The van der Waals surface area contributed by atoms with Crippen molar-refractivity contribution in [1.82, 2.24) is 9.97 Å². The van der Waals surface area contributed by atoms with Crippen molar-refractivity contribution >= 4 is 33.5 Å². The Bertz CT molecular complexity index is 410. The van der Waals surface area contributed by atoms with E-state index in [0.29, 0.717) is 5.92 Å². The third-order valence-electron chi connectivity index (χ3n) is 2.68. The molecule has 1 N–H and O–H groups in total. The number of halogens is 1. The molecule has 0 unspecified atom stereocenters. The molecule has 1 heterocycles. The first-order valence-electron chi connectivity index (χ1n) is 7.45. The van der Waals surface area contributed by atoms with Crippen molar-refractivity contribution in [3.63, 3.8) is 0 Å². The maximum atomic E-state index is 4.71. The zero-order valence-electron chi connectivity index (χ0n) is 13.0. The van der Waals surface area contributed by atoms with Gasteiger partial charge in [0.15, 0.2) is 0 Å². The number of aryl methyl sites for hydroxylation is 1. The second-order valence-electron chi connectivity index (χ2n) is 5.33. The van der Waals surface area contributed by atoms with Crippen LogP contribution in [0.4, 0.5) is 5.82 Å². The van der Waals surface area contributed by atoms with Crippen molar-refractivity contribution < 1.29 is 0 Å². The monoisotopic (exact) mass is 359 g/mol. The quantitative estimate of drug-likeness (QED) is 0.680. The standard InChI is InChI=1S/C15H26BrN3S/c1-5-7-12-14(16)15(17-8-6-2)19-13(18-12)10-20-9-11(3)4/h11H,5-10H2,1-4H3,(H,17,18,19). The lowest BCUT2D eigenvalue weighted by atomic mass is 10.2. The molecular weight excluding hydrogens is 334 g/mol. The lowest BCUT2D eigenvalue weighted by molar-refractivity contribution is 0.749. The number of rotatable bonds is 9. The molecule has 0 spiro atoms. The third kappa shape index (κ3) is 6.00. The molecule has 3 nitrogen and oxygen atoms in total. The van der Waals surface area contributed by atoms with Crippen LogP contribution in [0.15, 0.2) is 4.47 Å². The summed E-state index contributed by atoms with van der Waals surface area (Å²) in [5, 5.41) is 3.39. The fourth-order valence-electron chi connectivity index (χ4n) is 1.76. The maximum absolute atomic E-state index is 4.71. The molecule has 5 heteroatoms. The summed E-state index contributed by atoms with van der Waals surface area (Å²) in [6.45, 7) is 9.77. The van der Waals surface area contributed by atoms with E-state index in [2.05, 4.69) is 53.9 Å². The molecule has 1 aromatic heterocycles. The Hall–Kier alpha value is -0.290. The van der Waals surface area contributed by atoms with Gasteiger partial charge in [0.05, 0.1) is 15.9 Å². The van der Waals surface area contributed by atoms with Gasteiger partial charge < -0.3 is 5.32 Å². The van der Waals surface area contributed by atoms with E-state index in [0.717, 1.165) is 59.1 Å². The summed E-state index contributed by atoms with van der Waals surface area (Å²) in [4.78, 5) is 9.37. The number of anilines is 1. The molecule has 0 aliphatic rings. The van der Waals surface area contributed by atoms with Crippen LogP contribution in [0, 0.1) is 5.92 Å². The minimum Gasteiger partial charge on any atom is -0.369 e. The van der Waals surface area contributed by atoms with Crippen LogP contribution in [0.1, 0.15) is 52.1 Å². The number of thioether (sulfide) groups is 1. The van der Waals surface area contributed by atoms with Gasteiger partial charge >= 0.3 is 0 Å². The predicted molar refractivity (Wildman–Crippen MR) is 93.5 cm³/mol. The molecule has 20 heavy (non-hydrogen) atoms. The average molecular weight is 360 g/mol. The van der Waals surface area contributed by atoms with Crippen LogP contribution in [-0.2, 0) is 12.2 Å². The molecule has 0 bridgehead atoms. The van der Waals surface area contributed by atoms with E-state index in [1.54, 1.807) is 0 Å². The van der Waals surface area contributed by atoms with E-state index in [1.807, 2.05) is 11.8 Å². The van der Waals surface area contributed by atoms with Crippen molar-refractivity contribution in [2.45, 2.75) is 52.7 Å². The molecule has 0 saturated heterocycles. The van der Waals surface area contributed by atoms with Gasteiger partial charge in [0.25, 0.3) is 0 Å². The highest BCUT2D eigenvalue weighted by Gasteiger charge is 2.11. The van der Waals surface area contributed by atoms with Gasteiger partial charge in [0.2, 0.25) is 0 Å². The second-order valence-corrected chi connectivity index (χ2v) is 7.16. The summed E-state index contributed by atoms with van der Waals surface area (Å²) in [6.07, 6.45) is 3.18. The number of nitrogens with zero attached hydrogens (tertiary/aromatic N) is 2. The Balaban J connectivity index is 2.84. The smallest absolute Gasteiger partial charge is 0.144 e. The van der Waals surface area contributed by atoms with E-state index >= 15 is 0 Å². The first-order chi connectivity index (χ1) is 9.58. The van der Waals surface area contributed by atoms with Gasteiger partial charge in [0.1, 0.15) is 11.6 Å². The van der Waals surface area contributed by atoms with Gasteiger partial charge in [-0.3, -0.25) is 0 Å². The molecule has 0 amide bonds. The minimum absolute atomic E-state index is 0.711. The topological polar surface area (TPSA) is 37.8 Å². The van der Waals surface area contributed by atoms with Crippen LogP contribution in [0.5, 0.6) is 0 Å². The van der Waals surface area contributed by atoms with E-state index in [-0.39, 0.29) is 0 Å². The molecule has 0 radical (unpaired) electrons. The van der Waals surface area contributed by atoms with Gasteiger partial charge in [-0.25, -0.2) is 9.97 Å². The van der Waals surface area contributed by atoms with E-state index in [1.165, 1.54) is 0 Å². The Morgan fingerprint density at radius 2 is 1.95 bits per heavy atom. The van der Waals surface area contributed by atoms with Crippen LogP contribution >= 0.6 is 27.7 Å².